The van der Waals surface area contributed by atoms with Crippen molar-refractivity contribution in [2.45, 2.75) is 6.92 Å². The summed E-state index contributed by atoms with van der Waals surface area (Å²) in [6.45, 7) is 2.08. The van der Waals surface area contributed by atoms with Gasteiger partial charge in [0.05, 0.1) is 0 Å². The fourth-order valence-corrected chi connectivity index (χ4v) is 0.470. The third-order valence-electron chi connectivity index (χ3n) is 0.829. The molecule has 0 bridgehead atoms. The zero-order chi connectivity index (χ0) is 7.11. The average molecular weight is 208 g/mol. The second-order valence-electron chi connectivity index (χ2n) is 1.53. The summed E-state index contributed by atoms with van der Waals surface area (Å²) >= 11 is -2.77. The van der Waals surface area contributed by atoms with E-state index in [0.29, 0.717) is 0 Å². The Morgan fingerprint density at radius 2 is 2.00 bits per heavy atom. The van der Waals surface area contributed by atoms with E-state index in [1.54, 1.807) is 0 Å². The summed E-state index contributed by atoms with van der Waals surface area (Å²) in [6.07, 6.45) is 8.24. The number of hydrogen-bond acceptors (Lipinski definition) is 0. The van der Waals surface area contributed by atoms with Crippen LogP contribution in [0.2, 0.25) is 0 Å². The summed E-state index contributed by atoms with van der Waals surface area (Å²) < 4.78 is 19.6. The van der Waals surface area contributed by atoms with Gasteiger partial charge in [-0.25, -0.2) is 0 Å². The van der Waals surface area contributed by atoms with Crippen LogP contribution in [-0.4, -0.2) is 0 Å². The van der Waals surface area contributed by atoms with Crippen LogP contribution in [0.1, 0.15) is 6.92 Å². The maximum atomic E-state index is 9.80. The van der Waals surface area contributed by atoms with Crippen molar-refractivity contribution in [2.24, 2.45) is 0 Å². The molecular weight excluding hydrogens is 201 g/mol. The van der Waals surface area contributed by atoms with Crippen LogP contribution in [0.4, 0.5) is 5.25 Å². The van der Waals surface area contributed by atoms with Gasteiger partial charge in [0.1, 0.15) is 0 Å². The van der Waals surface area contributed by atoms with Gasteiger partial charge in [0.25, 0.3) is 0 Å². The van der Waals surface area contributed by atoms with Gasteiger partial charge in [-0.15, -0.1) is 0 Å². The van der Waals surface area contributed by atoms with E-state index in [0.717, 1.165) is 0 Å². The van der Waals surface area contributed by atoms with Crippen molar-refractivity contribution in [1.82, 2.24) is 0 Å². The molecule has 1 aliphatic rings. The number of rotatable bonds is 0. The molecule has 0 fully saturated rings. The molecule has 0 aromatic heterocycles. The van der Waals surface area contributed by atoms with Crippen LogP contribution < -0.4 is 0 Å². The van der Waals surface area contributed by atoms with Gasteiger partial charge in [-0.3, -0.25) is 0 Å². The molecule has 0 amide bonds. The van der Waals surface area contributed by atoms with Crippen molar-refractivity contribution in [1.29, 1.82) is 0 Å². The first-order valence-corrected chi connectivity index (χ1v) is 4.31. The molecular formula is C6H7F2Zr. The monoisotopic (exact) mass is 207 g/mol. The topological polar surface area (TPSA) is 0 Å². The van der Waals surface area contributed by atoms with E-state index in [1.165, 1.54) is 5.57 Å². The van der Waals surface area contributed by atoms with Crippen molar-refractivity contribution in [3.8, 4) is 0 Å². The van der Waals surface area contributed by atoms with Crippen molar-refractivity contribution < 1.29 is 29.7 Å². The van der Waals surface area contributed by atoms with Crippen LogP contribution in [0.3, 0.4) is 0 Å². The zero-order valence-corrected chi connectivity index (χ0v) is 7.52. The van der Waals surface area contributed by atoms with Gasteiger partial charge >= 0.3 is 29.7 Å². The van der Waals surface area contributed by atoms with E-state index >= 15 is 0 Å². The normalized spacial score (nSPS) is 13.9. The van der Waals surface area contributed by atoms with Crippen molar-refractivity contribution in [3.63, 3.8) is 0 Å². The molecule has 0 aromatic rings. The molecule has 0 atom stereocenters. The van der Waals surface area contributed by atoms with Gasteiger partial charge in [-0.2, -0.15) is 0 Å². The fraction of sp³-hybridized carbons (Fsp3) is 0.167. The van der Waals surface area contributed by atoms with E-state index in [9.17, 15) is 5.25 Å². The molecule has 0 aromatic carbocycles. The zero-order valence-electron chi connectivity index (χ0n) is 5.07. The predicted octanol–water partition coefficient (Wildman–Crippen LogP) is 2.54. The first-order chi connectivity index (χ1) is 4.31. The minimum atomic E-state index is -2.77. The summed E-state index contributed by atoms with van der Waals surface area (Å²) in [4.78, 5) is 0. The second-order valence-corrected chi connectivity index (χ2v) is 1.88. The van der Waals surface area contributed by atoms with Gasteiger partial charge in [-0.05, 0) is 6.92 Å². The van der Waals surface area contributed by atoms with Gasteiger partial charge in [0.15, 0.2) is 0 Å². The van der Waals surface area contributed by atoms with Crippen LogP contribution >= 0.6 is 0 Å². The van der Waals surface area contributed by atoms with E-state index in [1.807, 2.05) is 12.5 Å². The van der Waals surface area contributed by atoms with Crippen LogP contribution in [-0.2, 0) is 24.5 Å². The SMILES string of the molecule is CC1=C[CH]C=C1.[F][Zr][F]. The second kappa shape index (κ2) is 6.34. The molecule has 9 heavy (non-hydrogen) atoms. The first-order valence-electron chi connectivity index (χ1n) is 2.46. The molecule has 0 heterocycles. The summed E-state index contributed by atoms with van der Waals surface area (Å²) in [7, 11) is 0. The molecule has 49 valence electrons. The Morgan fingerprint density at radius 1 is 1.44 bits per heavy atom. The summed E-state index contributed by atoms with van der Waals surface area (Å²) in [6, 6.07) is 0. The Morgan fingerprint density at radius 3 is 2.11 bits per heavy atom. The number of hydrogen-bond donors (Lipinski definition) is 0. The maximum absolute atomic E-state index is 9.80. The summed E-state index contributed by atoms with van der Waals surface area (Å²) in [5, 5.41) is 0. The van der Waals surface area contributed by atoms with E-state index in [-0.39, 0.29) is 0 Å². The number of allylic oxidation sites excluding steroid dienone is 4. The molecule has 0 saturated carbocycles. The van der Waals surface area contributed by atoms with Gasteiger partial charge in [0, 0.05) is 6.42 Å². The predicted molar refractivity (Wildman–Crippen MR) is 29.4 cm³/mol. The van der Waals surface area contributed by atoms with Crippen molar-refractivity contribution in [2.75, 3.05) is 0 Å². The summed E-state index contributed by atoms with van der Waals surface area (Å²) in [5.41, 5.74) is 1.34. The Labute approximate surface area is 67.0 Å². The number of halogens is 2. The van der Waals surface area contributed by atoms with Gasteiger partial charge in [-0.1, -0.05) is 23.8 Å². The minimum absolute atomic E-state index is 1.34. The Hall–Kier alpha value is 0.223. The standard InChI is InChI=1S/C6H7.2FH.Zr/c1-6-4-2-3-5-6;;;/h2-5H,1H3;2*1H;/q;;;+2/p-2. The van der Waals surface area contributed by atoms with E-state index in [2.05, 4.69) is 19.1 Å². The molecule has 0 unspecified atom stereocenters. The van der Waals surface area contributed by atoms with Crippen molar-refractivity contribution >= 4 is 0 Å². The third kappa shape index (κ3) is 6.10. The first kappa shape index (κ1) is 9.22. The molecule has 0 N–H and O–H groups in total. The molecule has 3 heteroatoms. The van der Waals surface area contributed by atoms with E-state index in [4.69, 9.17) is 0 Å². The molecule has 0 aliphatic heterocycles. The third-order valence-corrected chi connectivity index (χ3v) is 0.829. The average Bonchev–Trinajstić information content (AvgIpc) is 2.20. The fourth-order valence-electron chi connectivity index (χ4n) is 0.470. The molecule has 0 saturated heterocycles. The van der Waals surface area contributed by atoms with Crippen LogP contribution in [0.25, 0.3) is 0 Å². The molecule has 1 rings (SSSR count). The van der Waals surface area contributed by atoms with Crippen LogP contribution in [0.5, 0.6) is 0 Å². The van der Waals surface area contributed by atoms with Gasteiger partial charge < -0.3 is 0 Å². The van der Waals surface area contributed by atoms with Gasteiger partial charge in [0.2, 0.25) is 0 Å². The molecule has 1 aliphatic carbocycles. The Kier molecular flexibility index (Phi) is 6.50. The Balaban J connectivity index is 0.000000187. The van der Waals surface area contributed by atoms with Crippen molar-refractivity contribution in [3.05, 3.63) is 30.2 Å². The molecule has 0 spiro atoms. The Bertz CT molecular complexity index is 115. The molecule has 0 nitrogen and oxygen atoms in total. The quantitative estimate of drug-likeness (QED) is 0.574. The molecule has 1 radical (unpaired) electrons. The summed E-state index contributed by atoms with van der Waals surface area (Å²) in [5.74, 6) is 0. The van der Waals surface area contributed by atoms with E-state index < -0.39 is 24.5 Å². The van der Waals surface area contributed by atoms with Crippen LogP contribution in [0, 0.1) is 6.42 Å². The van der Waals surface area contributed by atoms with Crippen LogP contribution in [0.15, 0.2) is 23.8 Å².